The summed E-state index contributed by atoms with van der Waals surface area (Å²) in [7, 11) is 1.60. The summed E-state index contributed by atoms with van der Waals surface area (Å²) in [5, 5.41) is 16.0. The zero-order valence-corrected chi connectivity index (χ0v) is 10.3. The third-order valence-electron chi connectivity index (χ3n) is 2.84. The Bertz CT molecular complexity index is 508. The van der Waals surface area contributed by atoms with Crippen molar-refractivity contribution >= 4 is 18.1 Å². The molecule has 3 heterocycles. The molecule has 92 valence electrons. The van der Waals surface area contributed by atoms with Crippen molar-refractivity contribution in [2.45, 2.75) is 18.9 Å². The zero-order chi connectivity index (χ0) is 11.0. The molecule has 1 unspecified atom stereocenters. The highest BCUT2D eigenvalue weighted by molar-refractivity contribution is 5.85. The third-order valence-corrected chi connectivity index (χ3v) is 2.84. The molecule has 0 bridgehead atoms. The number of nitrogens with one attached hydrogen (secondary N) is 1. The van der Waals surface area contributed by atoms with E-state index in [-0.39, 0.29) is 18.4 Å². The summed E-state index contributed by atoms with van der Waals surface area (Å²) in [5.41, 5.74) is 0.754. The molecule has 0 aromatic carbocycles. The lowest BCUT2D eigenvalue weighted by Gasteiger charge is -2.07. The average Bonchev–Trinajstić information content (AvgIpc) is 2.96. The lowest BCUT2D eigenvalue weighted by Crippen LogP contribution is -2.16. The van der Waals surface area contributed by atoms with Crippen molar-refractivity contribution in [1.29, 1.82) is 0 Å². The summed E-state index contributed by atoms with van der Waals surface area (Å²) < 4.78 is 6.85. The standard InChI is InChI=1S/C10H13N5O.ClH/c1-16-9-5-4-8-12-13-10(15(8)14-9)7-3-2-6-11-7;/h4-5,7,11H,2-3,6H2,1H3;1H. The Morgan fingerprint density at radius 1 is 1.41 bits per heavy atom. The minimum absolute atomic E-state index is 0. The smallest absolute Gasteiger partial charge is 0.231 e. The molecule has 0 amide bonds. The minimum atomic E-state index is 0. The van der Waals surface area contributed by atoms with Crippen LogP contribution < -0.4 is 10.1 Å². The molecule has 1 atom stereocenters. The summed E-state index contributed by atoms with van der Waals surface area (Å²) in [6.45, 7) is 1.03. The van der Waals surface area contributed by atoms with Crippen LogP contribution in [0.3, 0.4) is 0 Å². The lowest BCUT2D eigenvalue weighted by molar-refractivity contribution is 0.388. The number of rotatable bonds is 2. The summed E-state index contributed by atoms with van der Waals surface area (Å²) in [6.07, 6.45) is 2.25. The SMILES string of the molecule is COc1ccc2nnc(C3CCCN3)n2n1.Cl. The fourth-order valence-electron chi connectivity index (χ4n) is 2.02. The molecule has 0 radical (unpaired) electrons. The molecule has 3 rings (SSSR count). The molecule has 2 aromatic rings. The minimum Gasteiger partial charge on any atom is -0.480 e. The molecule has 0 saturated carbocycles. The van der Waals surface area contributed by atoms with Gasteiger partial charge in [-0.15, -0.1) is 27.7 Å². The summed E-state index contributed by atoms with van der Waals surface area (Å²) in [6, 6.07) is 3.90. The van der Waals surface area contributed by atoms with Gasteiger partial charge in [0.2, 0.25) is 5.88 Å². The summed E-state index contributed by atoms with van der Waals surface area (Å²) in [5.74, 6) is 1.44. The quantitative estimate of drug-likeness (QED) is 0.867. The van der Waals surface area contributed by atoms with Crippen molar-refractivity contribution in [3.8, 4) is 5.88 Å². The molecule has 0 aliphatic carbocycles. The van der Waals surface area contributed by atoms with Crippen LogP contribution in [0.4, 0.5) is 0 Å². The molecule has 7 heteroatoms. The molecule has 1 N–H and O–H groups in total. The summed E-state index contributed by atoms with van der Waals surface area (Å²) >= 11 is 0. The van der Waals surface area contributed by atoms with E-state index in [9.17, 15) is 0 Å². The van der Waals surface area contributed by atoms with Gasteiger partial charge >= 0.3 is 0 Å². The van der Waals surface area contributed by atoms with E-state index >= 15 is 0 Å². The monoisotopic (exact) mass is 255 g/mol. The van der Waals surface area contributed by atoms with Gasteiger partial charge in [-0.2, -0.15) is 4.52 Å². The Kier molecular flexibility index (Phi) is 3.44. The number of ether oxygens (including phenoxy) is 1. The fourth-order valence-corrected chi connectivity index (χ4v) is 2.02. The number of hydrogen-bond acceptors (Lipinski definition) is 5. The maximum absolute atomic E-state index is 5.10. The Balaban J connectivity index is 0.00000108. The van der Waals surface area contributed by atoms with Crippen molar-refractivity contribution < 1.29 is 4.74 Å². The molecule has 6 nitrogen and oxygen atoms in total. The number of nitrogens with zero attached hydrogens (tertiary/aromatic N) is 4. The van der Waals surface area contributed by atoms with Crippen molar-refractivity contribution in [2.24, 2.45) is 0 Å². The van der Waals surface area contributed by atoms with Crippen LogP contribution in [-0.4, -0.2) is 33.5 Å². The van der Waals surface area contributed by atoms with Crippen molar-refractivity contribution in [3.63, 3.8) is 0 Å². The van der Waals surface area contributed by atoms with E-state index in [4.69, 9.17) is 4.74 Å². The second-order valence-corrected chi connectivity index (χ2v) is 3.85. The first-order valence-electron chi connectivity index (χ1n) is 5.38. The van der Waals surface area contributed by atoms with E-state index < -0.39 is 0 Å². The predicted octanol–water partition coefficient (Wildman–Crippen LogP) is 0.979. The van der Waals surface area contributed by atoms with Gasteiger partial charge in [-0.05, 0) is 25.5 Å². The Hall–Kier alpha value is -1.40. The lowest BCUT2D eigenvalue weighted by atomic mass is 10.2. The molecule has 1 fully saturated rings. The number of fused-ring (bicyclic) bond motifs is 1. The van der Waals surface area contributed by atoms with Crippen molar-refractivity contribution in [1.82, 2.24) is 25.1 Å². The van der Waals surface area contributed by atoms with Crippen LogP contribution in [0.2, 0.25) is 0 Å². The van der Waals surface area contributed by atoms with Crippen molar-refractivity contribution in [2.75, 3.05) is 13.7 Å². The normalized spacial score (nSPS) is 19.2. The first kappa shape index (κ1) is 12.1. The molecular weight excluding hydrogens is 242 g/mol. The highest BCUT2D eigenvalue weighted by Crippen LogP contribution is 2.21. The van der Waals surface area contributed by atoms with Crippen LogP contribution in [0.1, 0.15) is 24.7 Å². The average molecular weight is 256 g/mol. The van der Waals surface area contributed by atoms with Gasteiger partial charge in [0.1, 0.15) is 0 Å². The van der Waals surface area contributed by atoms with Gasteiger partial charge in [-0.25, -0.2) is 0 Å². The van der Waals surface area contributed by atoms with Crippen LogP contribution in [0.5, 0.6) is 5.88 Å². The number of halogens is 1. The van der Waals surface area contributed by atoms with Crippen molar-refractivity contribution in [3.05, 3.63) is 18.0 Å². The summed E-state index contributed by atoms with van der Waals surface area (Å²) in [4.78, 5) is 0. The van der Waals surface area contributed by atoms with Gasteiger partial charge in [0.25, 0.3) is 0 Å². The van der Waals surface area contributed by atoms with E-state index in [2.05, 4.69) is 20.6 Å². The third kappa shape index (κ3) is 2.05. The van der Waals surface area contributed by atoms with E-state index in [0.29, 0.717) is 5.88 Å². The number of methoxy groups -OCH3 is 1. The largest absolute Gasteiger partial charge is 0.480 e. The first-order chi connectivity index (χ1) is 7.88. The van der Waals surface area contributed by atoms with Gasteiger partial charge in [0.05, 0.1) is 13.2 Å². The highest BCUT2D eigenvalue weighted by atomic mass is 35.5. The predicted molar refractivity (Wildman–Crippen MR) is 64.6 cm³/mol. The second-order valence-electron chi connectivity index (χ2n) is 3.85. The van der Waals surface area contributed by atoms with Gasteiger partial charge in [0, 0.05) is 6.07 Å². The maximum atomic E-state index is 5.10. The van der Waals surface area contributed by atoms with Gasteiger partial charge in [0.15, 0.2) is 11.5 Å². The second kappa shape index (κ2) is 4.85. The van der Waals surface area contributed by atoms with E-state index in [0.717, 1.165) is 24.4 Å². The topological polar surface area (TPSA) is 64.3 Å². The highest BCUT2D eigenvalue weighted by Gasteiger charge is 2.22. The molecule has 1 saturated heterocycles. The number of hydrogen-bond donors (Lipinski definition) is 1. The Labute approximate surface area is 105 Å². The van der Waals surface area contributed by atoms with Crippen LogP contribution in [0.25, 0.3) is 5.65 Å². The van der Waals surface area contributed by atoms with Crippen LogP contribution in [0, 0.1) is 0 Å². The zero-order valence-electron chi connectivity index (χ0n) is 9.46. The molecular formula is C10H14ClN5O. The molecule has 17 heavy (non-hydrogen) atoms. The van der Waals surface area contributed by atoms with Gasteiger partial charge in [-0.1, -0.05) is 0 Å². The number of aromatic nitrogens is 4. The van der Waals surface area contributed by atoms with E-state index in [1.165, 1.54) is 6.42 Å². The molecule has 1 aliphatic heterocycles. The van der Waals surface area contributed by atoms with Crippen LogP contribution in [-0.2, 0) is 0 Å². The molecule has 1 aliphatic rings. The van der Waals surface area contributed by atoms with Crippen LogP contribution >= 0.6 is 12.4 Å². The molecule has 0 spiro atoms. The fraction of sp³-hybridized carbons (Fsp3) is 0.500. The maximum Gasteiger partial charge on any atom is 0.231 e. The Morgan fingerprint density at radius 3 is 3.00 bits per heavy atom. The van der Waals surface area contributed by atoms with Gasteiger partial charge in [-0.3, -0.25) is 0 Å². The first-order valence-corrected chi connectivity index (χ1v) is 5.38. The van der Waals surface area contributed by atoms with E-state index in [1.54, 1.807) is 17.7 Å². The van der Waals surface area contributed by atoms with Crippen LogP contribution in [0.15, 0.2) is 12.1 Å². The Morgan fingerprint density at radius 2 is 2.29 bits per heavy atom. The van der Waals surface area contributed by atoms with Gasteiger partial charge < -0.3 is 10.1 Å². The molecule has 2 aromatic heterocycles. The van der Waals surface area contributed by atoms with E-state index in [1.807, 2.05) is 6.07 Å².